The van der Waals surface area contributed by atoms with Crippen molar-refractivity contribution in [1.82, 2.24) is 10.2 Å². The summed E-state index contributed by atoms with van der Waals surface area (Å²) in [5, 5.41) is 3.53. The first-order valence-electron chi connectivity index (χ1n) is 7.34. The summed E-state index contributed by atoms with van der Waals surface area (Å²) >= 11 is 0. The van der Waals surface area contributed by atoms with Crippen molar-refractivity contribution in [3.8, 4) is 0 Å². The maximum atomic E-state index is 5.48. The van der Waals surface area contributed by atoms with Gasteiger partial charge in [0.05, 0.1) is 13.2 Å². The molecular formula is C14H28N2O. The highest BCUT2D eigenvalue weighted by atomic mass is 16.5. The van der Waals surface area contributed by atoms with E-state index in [-0.39, 0.29) is 0 Å². The monoisotopic (exact) mass is 240 g/mol. The van der Waals surface area contributed by atoms with Gasteiger partial charge < -0.3 is 15.0 Å². The van der Waals surface area contributed by atoms with Crippen molar-refractivity contribution in [2.45, 2.75) is 44.6 Å². The molecule has 0 amide bonds. The SMILES string of the molecule is CN(CCC1COCCN1)CC1CCCCC1. The van der Waals surface area contributed by atoms with Gasteiger partial charge in [0.15, 0.2) is 0 Å². The van der Waals surface area contributed by atoms with E-state index < -0.39 is 0 Å². The summed E-state index contributed by atoms with van der Waals surface area (Å²) in [6, 6.07) is 0.581. The molecule has 3 heteroatoms. The van der Waals surface area contributed by atoms with Crippen LogP contribution in [0.1, 0.15) is 38.5 Å². The minimum atomic E-state index is 0.581. The van der Waals surface area contributed by atoms with Crippen LogP contribution in [-0.4, -0.2) is 50.8 Å². The molecule has 100 valence electrons. The van der Waals surface area contributed by atoms with Crippen LogP contribution in [0.5, 0.6) is 0 Å². The molecule has 1 saturated heterocycles. The van der Waals surface area contributed by atoms with Gasteiger partial charge in [0.25, 0.3) is 0 Å². The molecular weight excluding hydrogens is 212 g/mol. The molecule has 1 saturated carbocycles. The number of morpholine rings is 1. The Labute approximate surface area is 106 Å². The molecule has 2 rings (SSSR count). The standard InChI is InChI=1S/C14H28N2O/c1-16(11-13-5-3-2-4-6-13)9-7-14-12-17-10-8-15-14/h13-15H,2-12H2,1H3. The van der Waals surface area contributed by atoms with Crippen LogP contribution >= 0.6 is 0 Å². The fourth-order valence-electron chi connectivity index (χ4n) is 3.08. The Bertz CT molecular complexity index is 198. The first kappa shape index (κ1) is 13.3. The molecule has 0 aromatic heterocycles. The molecule has 17 heavy (non-hydrogen) atoms. The number of ether oxygens (including phenoxy) is 1. The zero-order valence-electron chi connectivity index (χ0n) is 11.3. The van der Waals surface area contributed by atoms with E-state index in [1.807, 2.05) is 0 Å². The Morgan fingerprint density at radius 3 is 2.76 bits per heavy atom. The van der Waals surface area contributed by atoms with Gasteiger partial charge in [-0.3, -0.25) is 0 Å². The molecule has 1 aliphatic heterocycles. The lowest BCUT2D eigenvalue weighted by atomic mass is 9.89. The van der Waals surface area contributed by atoms with E-state index in [1.165, 1.54) is 51.6 Å². The normalized spacial score (nSPS) is 27.5. The van der Waals surface area contributed by atoms with Gasteiger partial charge in [-0.25, -0.2) is 0 Å². The second-order valence-corrected chi connectivity index (χ2v) is 5.78. The van der Waals surface area contributed by atoms with Crippen molar-refractivity contribution >= 4 is 0 Å². The smallest absolute Gasteiger partial charge is 0.0620 e. The third-order valence-electron chi connectivity index (χ3n) is 4.15. The summed E-state index contributed by atoms with van der Waals surface area (Å²) in [6.45, 7) is 5.31. The quantitative estimate of drug-likeness (QED) is 0.794. The molecule has 0 aromatic rings. The van der Waals surface area contributed by atoms with Crippen LogP contribution < -0.4 is 5.32 Å². The maximum Gasteiger partial charge on any atom is 0.0620 e. The summed E-state index contributed by atoms with van der Waals surface area (Å²) < 4.78 is 5.48. The molecule has 0 bridgehead atoms. The molecule has 1 atom stereocenters. The summed E-state index contributed by atoms with van der Waals surface area (Å²) in [7, 11) is 2.28. The molecule has 0 aromatic carbocycles. The third-order valence-corrected chi connectivity index (χ3v) is 4.15. The largest absolute Gasteiger partial charge is 0.379 e. The first-order chi connectivity index (χ1) is 8.34. The highest BCUT2D eigenvalue weighted by Crippen LogP contribution is 2.24. The number of hydrogen-bond acceptors (Lipinski definition) is 3. The Hall–Kier alpha value is -0.120. The Morgan fingerprint density at radius 2 is 2.06 bits per heavy atom. The maximum absolute atomic E-state index is 5.48. The number of nitrogens with zero attached hydrogens (tertiary/aromatic N) is 1. The van der Waals surface area contributed by atoms with E-state index in [0.29, 0.717) is 6.04 Å². The third kappa shape index (κ3) is 4.94. The lowest BCUT2D eigenvalue weighted by Crippen LogP contribution is -2.43. The van der Waals surface area contributed by atoms with Crippen molar-refractivity contribution in [2.24, 2.45) is 5.92 Å². The van der Waals surface area contributed by atoms with Gasteiger partial charge in [0.1, 0.15) is 0 Å². The van der Waals surface area contributed by atoms with E-state index in [4.69, 9.17) is 4.74 Å². The fraction of sp³-hybridized carbons (Fsp3) is 1.00. The molecule has 0 radical (unpaired) electrons. The van der Waals surface area contributed by atoms with E-state index in [1.54, 1.807) is 0 Å². The average Bonchev–Trinajstić information content (AvgIpc) is 2.39. The Balaban J connectivity index is 1.57. The van der Waals surface area contributed by atoms with Gasteiger partial charge in [-0.15, -0.1) is 0 Å². The summed E-state index contributed by atoms with van der Waals surface area (Å²) in [6.07, 6.45) is 8.50. The van der Waals surface area contributed by atoms with Crippen LogP contribution in [0.15, 0.2) is 0 Å². The minimum Gasteiger partial charge on any atom is -0.379 e. The van der Waals surface area contributed by atoms with Gasteiger partial charge in [-0.1, -0.05) is 19.3 Å². The highest BCUT2D eigenvalue weighted by Gasteiger charge is 2.17. The van der Waals surface area contributed by atoms with E-state index in [9.17, 15) is 0 Å². The Kier molecular flexibility index (Phi) is 5.75. The molecule has 1 N–H and O–H groups in total. The molecule has 1 heterocycles. The fourth-order valence-corrected chi connectivity index (χ4v) is 3.08. The molecule has 2 fully saturated rings. The molecule has 2 aliphatic rings. The van der Waals surface area contributed by atoms with Gasteiger partial charge in [-0.05, 0) is 38.8 Å². The van der Waals surface area contributed by atoms with Gasteiger partial charge in [0.2, 0.25) is 0 Å². The van der Waals surface area contributed by atoms with Crippen LogP contribution in [0.25, 0.3) is 0 Å². The number of rotatable bonds is 5. The summed E-state index contributed by atoms with van der Waals surface area (Å²) in [5.41, 5.74) is 0. The van der Waals surface area contributed by atoms with Crippen LogP contribution in [0.4, 0.5) is 0 Å². The number of nitrogens with one attached hydrogen (secondary N) is 1. The molecule has 3 nitrogen and oxygen atoms in total. The van der Waals surface area contributed by atoms with Crippen molar-refractivity contribution in [3.05, 3.63) is 0 Å². The summed E-state index contributed by atoms with van der Waals surface area (Å²) in [5.74, 6) is 0.962. The molecule has 1 unspecified atom stereocenters. The van der Waals surface area contributed by atoms with Crippen LogP contribution in [0.3, 0.4) is 0 Å². The van der Waals surface area contributed by atoms with Gasteiger partial charge in [-0.2, -0.15) is 0 Å². The van der Waals surface area contributed by atoms with Crippen LogP contribution in [0, 0.1) is 5.92 Å². The van der Waals surface area contributed by atoms with Crippen LogP contribution in [-0.2, 0) is 4.74 Å². The van der Waals surface area contributed by atoms with E-state index in [0.717, 1.165) is 25.7 Å². The zero-order valence-corrected chi connectivity index (χ0v) is 11.3. The second-order valence-electron chi connectivity index (χ2n) is 5.78. The average molecular weight is 240 g/mol. The predicted octanol–water partition coefficient (Wildman–Crippen LogP) is 1.88. The first-order valence-corrected chi connectivity index (χ1v) is 7.34. The van der Waals surface area contributed by atoms with Crippen LogP contribution in [0.2, 0.25) is 0 Å². The zero-order chi connectivity index (χ0) is 11.9. The summed E-state index contributed by atoms with van der Waals surface area (Å²) in [4.78, 5) is 2.52. The van der Waals surface area contributed by atoms with Crippen molar-refractivity contribution in [3.63, 3.8) is 0 Å². The van der Waals surface area contributed by atoms with Gasteiger partial charge in [0, 0.05) is 19.1 Å². The molecule has 1 aliphatic carbocycles. The highest BCUT2D eigenvalue weighted by molar-refractivity contribution is 4.73. The van der Waals surface area contributed by atoms with E-state index >= 15 is 0 Å². The van der Waals surface area contributed by atoms with Crippen molar-refractivity contribution in [1.29, 1.82) is 0 Å². The lowest BCUT2D eigenvalue weighted by molar-refractivity contribution is 0.0701. The van der Waals surface area contributed by atoms with Crippen molar-refractivity contribution < 1.29 is 4.74 Å². The van der Waals surface area contributed by atoms with E-state index in [2.05, 4.69) is 17.3 Å². The topological polar surface area (TPSA) is 24.5 Å². The van der Waals surface area contributed by atoms with Crippen molar-refractivity contribution in [2.75, 3.05) is 39.9 Å². The van der Waals surface area contributed by atoms with Gasteiger partial charge >= 0.3 is 0 Å². The second kappa shape index (κ2) is 7.34. The number of hydrogen-bond donors (Lipinski definition) is 1. The minimum absolute atomic E-state index is 0.581. The molecule has 0 spiro atoms. The lowest BCUT2D eigenvalue weighted by Gasteiger charge is -2.29. The predicted molar refractivity (Wildman–Crippen MR) is 71.3 cm³/mol. The Morgan fingerprint density at radius 1 is 1.24 bits per heavy atom.